The highest BCUT2D eigenvalue weighted by Crippen LogP contribution is 2.26. The minimum absolute atomic E-state index is 0.297. The summed E-state index contributed by atoms with van der Waals surface area (Å²) in [6, 6.07) is 16.9. The molecule has 0 radical (unpaired) electrons. The number of carbonyl (C=O) groups excluding carboxylic acids is 1. The van der Waals surface area contributed by atoms with Crippen molar-refractivity contribution in [2.45, 2.75) is 50.1 Å². The Hall–Kier alpha value is -1.60. The van der Waals surface area contributed by atoms with Gasteiger partial charge in [-0.05, 0) is 42.5 Å². The van der Waals surface area contributed by atoms with Gasteiger partial charge in [0, 0.05) is 42.1 Å². The highest BCUT2D eigenvalue weighted by Gasteiger charge is 2.23. The lowest BCUT2D eigenvalue weighted by Gasteiger charge is -2.33. The summed E-state index contributed by atoms with van der Waals surface area (Å²) in [5.41, 5.74) is 2.45. The first-order chi connectivity index (χ1) is 14.0. The van der Waals surface area contributed by atoms with Crippen LogP contribution in [0.25, 0.3) is 0 Å². The largest absolute Gasteiger partial charge is 0.457 e. The summed E-state index contributed by atoms with van der Waals surface area (Å²) in [5.74, 6) is 2.48. The Labute approximate surface area is 188 Å². The predicted octanol–water partition coefficient (Wildman–Crippen LogP) is 5.54. The van der Waals surface area contributed by atoms with Gasteiger partial charge in [0.1, 0.15) is 11.5 Å². The highest BCUT2D eigenvalue weighted by atomic mass is 127. The van der Waals surface area contributed by atoms with Crippen molar-refractivity contribution in [1.82, 2.24) is 10.2 Å². The molecule has 0 bridgehead atoms. The number of para-hydroxylation sites is 1. The van der Waals surface area contributed by atoms with Crippen molar-refractivity contribution in [2.75, 3.05) is 13.1 Å². The van der Waals surface area contributed by atoms with Gasteiger partial charge in [-0.25, -0.2) is 0 Å². The number of nitrogens with zero attached hydrogens (tertiary/aromatic N) is 1. The number of ether oxygens (including phenoxy) is 1. The van der Waals surface area contributed by atoms with Crippen molar-refractivity contribution in [3.8, 4) is 11.5 Å². The molecule has 2 aromatic rings. The van der Waals surface area contributed by atoms with Crippen LogP contribution in [0.3, 0.4) is 0 Å². The summed E-state index contributed by atoms with van der Waals surface area (Å²) in [5, 5.41) is 3.66. The number of rotatable bonds is 8. The average Bonchev–Trinajstić information content (AvgIpc) is 2.73. The Morgan fingerprint density at radius 2 is 1.83 bits per heavy atom. The smallest absolute Gasteiger partial charge is 0.222 e. The maximum atomic E-state index is 12.2. The number of hydrogen-bond donors (Lipinski definition) is 1. The van der Waals surface area contributed by atoms with E-state index in [1.54, 1.807) is 0 Å². The first-order valence-electron chi connectivity index (χ1n) is 10.5. The number of piperidine rings is 1. The average molecular weight is 506 g/mol. The quantitative estimate of drug-likeness (QED) is 0.378. The molecule has 2 aromatic carbocycles. The summed E-state index contributed by atoms with van der Waals surface area (Å²) in [6.07, 6.45) is 2.66. The monoisotopic (exact) mass is 506 g/mol. The van der Waals surface area contributed by atoms with Crippen LogP contribution in [-0.2, 0) is 15.8 Å². The third-order valence-electron chi connectivity index (χ3n) is 5.29. The summed E-state index contributed by atoms with van der Waals surface area (Å²) in [4.78, 5) is 14.3. The van der Waals surface area contributed by atoms with Crippen LogP contribution in [0.15, 0.2) is 48.5 Å². The van der Waals surface area contributed by atoms with E-state index in [9.17, 15) is 4.79 Å². The van der Waals surface area contributed by atoms with Crippen molar-refractivity contribution in [3.63, 3.8) is 0 Å². The zero-order valence-corrected chi connectivity index (χ0v) is 19.5. The van der Waals surface area contributed by atoms with Crippen LogP contribution in [0.4, 0.5) is 0 Å². The van der Waals surface area contributed by atoms with Crippen LogP contribution < -0.4 is 10.1 Å². The summed E-state index contributed by atoms with van der Waals surface area (Å²) in [7, 11) is 0. The van der Waals surface area contributed by atoms with Gasteiger partial charge in [0.15, 0.2) is 0 Å². The van der Waals surface area contributed by atoms with Gasteiger partial charge in [-0.2, -0.15) is 0 Å². The maximum absolute atomic E-state index is 12.2. The van der Waals surface area contributed by atoms with E-state index in [-0.39, 0.29) is 0 Å². The van der Waals surface area contributed by atoms with Crippen LogP contribution in [0.5, 0.6) is 11.5 Å². The molecule has 0 unspecified atom stereocenters. The van der Waals surface area contributed by atoms with Gasteiger partial charge >= 0.3 is 0 Å². The van der Waals surface area contributed by atoms with Gasteiger partial charge in [0.05, 0.1) is 0 Å². The van der Waals surface area contributed by atoms with E-state index >= 15 is 0 Å². The first-order valence-corrected chi connectivity index (χ1v) is 12.0. The summed E-state index contributed by atoms with van der Waals surface area (Å²) >= 11 is 2.36. The van der Waals surface area contributed by atoms with Crippen molar-refractivity contribution in [2.24, 2.45) is 5.92 Å². The van der Waals surface area contributed by atoms with Gasteiger partial charge in [0.25, 0.3) is 0 Å². The third-order valence-corrected chi connectivity index (χ3v) is 6.17. The van der Waals surface area contributed by atoms with Crippen LogP contribution in [-0.4, -0.2) is 29.9 Å². The summed E-state index contributed by atoms with van der Waals surface area (Å²) in [6.45, 7) is 6.68. The standard InChI is InChI=1S/C24H31IN2O2/c1-18(2)15-24(28)27-13-11-21(12-14-27)26-17-20-5-3-4-6-23(20)29-22-9-7-19(16-25)8-10-22/h3-10,18,21,26H,11-17H2,1-2H3. The SMILES string of the molecule is CC(C)CC(=O)N1CCC(NCc2ccccc2Oc2ccc(CI)cc2)CC1. The molecule has 1 heterocycles. The molecular weight excluding hydrogens is 475 g/mol. The second kappa shape index (κ2) is 11.0. The van der Waals surface area contributed by atoms with Gasteiger partial charge in [-0.1, -0.05) is 66.8 Å². The van der Waals surface area contributed by atoms with E-state index in [4.69, 9.17) is 4.74 Å². The molecule has 0 saturated carbocycles. The molecular formula is C24H31IN2O2. The normalized spacial score (nSPS) is 15.0. The summed E-state index contributed by atoms with van der Waals surface area (Å²) < 4.78 is 7.14. The van der Waals surface area contributed by atoms with Gasteiger partial charge in [-0.3, -0.25) is 4.79 Å². The maximum Gasteiger partial charge on any atom is 0.222 e. The topological polar surface area (TPSA) is 41.6 Å². The van der Waals surface area contributed by atoms with Crippen LogP contribution in [0.1, 0.15) is 44.2 Å². The molecule has 1 aliphatic rings. The first kappa shape index (κ1) is 22.1. The lowest BCUT2D eigenvalue weighted by atomic mass is 10.0. The number of nitrogens with one attached hydrogen (secondary N) is 1. The van der Waals surface area contributed by atoms with E-state index in [0.29, 0.717) is 24.3 Å². The number of halogens is 1. The number of amides is 1. The van der Waals surface area contributed by atoms with Crippen molar-refractivity contribution in [1.29, 1.82) is 0 Å². The number of carbonyl (C=O) groups is 1. The van der Waals surface area contributed by atoms with Gasteiger partial charge < -0.3 is 15.0 Å². The number of benzene rings is 2. The molecule has 0 atom stereocenters. The van der Waals surface area contributed by atoms with E-state index in [1.165, 1.54) is 5.56 Å². The van der Waals surface area contributed by atoms with Crippen LogP contribution >= 0.6 is 22.6 Å². The van der Waals surface area contributed by atoms with Gasteiger partial charge in [0.2, 0.25) is 5.91 Å². The Balaban J connectivity index is 1.52. The molecule has 29 heavy (non-hydrogen) atoms. The molecule has 1 N–H and O–H groups in total. The van der Waals surface area contributed by atoms with Crippen molar-refractivity contribution >= 4 is 28.5 Å². The molecule has 5 heteroatoms. The number of likely N-dealkylation sites (tertiary alicyclic amines) is 1. The number of alkyl halides is 1. The third kappa shape index (κ3) is 6.71. The molecule has 4 nitrogen and oxygen atoms in total. The molecule has 0 spiro atoms. The molecule has 1 amide bonds. The Morgan fingerprint density at radius 1 is 1.14 bits per heavy atom. The lowest BCUT2D eigenvalue weighted by molar-refractivity contribution is -0.133. The number of hydrogen-bond acceptors (Lipinski definition) is 3. The van der Waals surface area contributed by atoms with E-state index < -0.39 is 0 Å². The van der Waals surface area contributed by atoms with Crippen molar-refractivity contribution in [3.05, 3.63) is 59.7 Å². The van der Waals surface area contributed by atoms with E-state index in [0.717, 1.165) is 54.0 Å². The fourth-order valence-electron chi connectivity index (χ4n) is 3.59. The second-order valence-corrected chi connectivity index (χ2v) is 8.88. The molecule has 0 aliphatic carbocycles. The molecule has 3 rings (SSSR count). The predicted molar refractivity (Wildman–Crippen MR) is 127 cm³/mol. The lowest BCUT2D eigenvalue weighted by Crippen LogP contribution is -2.45. The Bertz CT molecular complexity index is 784. The van der Waals surface area contributed by atoms with Crippen molar-refractivity contribution < 1.29 is 9.53 Å². The van der Waals surface area contributed by atoms with Gasteiger partial charge in [-0.15, -0.1) is 0 Å². The Morgan fingerprint density at radius 3 is 2.48 bits per heavy atom. The fourth-order valence-corrected chi connectivity index (χ4v) is 4.10. The molecule has 0 aromatic heterocycles. The second-order valence-electron chi connectivity index (χ2n) is 8.12. The zero-order valence-electron chi connectivity index (χ0n) is 17.4. The van der Waals surface area contributed by atoms with E-state index in [2.05, 4.69) is 66.0 Å². The molecule has 156 valence electrons. The zero-order chi connectivity index (χ0) is 20.6. The van der Waals surface area contributed by atoms with Crippen LogP contribution in [0, 0.1) is 5.92 Å². The van der Waals surface area contributed by atoms with E-state index in [1.807, 2.05) is 29.2 Å². The minimum atomic E-state index is 0.297. The molecule has 1 aliphatic heterocycles. The molecule has 1 fully saturated rings. The molecule has 1 saturated heterocycles. The minimum Gasteiger partial charge on any atom is -0.457 e. The fraction of sp³-hybridized carbons (Fsp3) is 0.458. The highest BCUT2D eigenvalue weighted by molar-refractivity contribution is 14.1. The van der Waals surface area contributed by atoms with Crippen LogP contribution in [0.2, 0.25) is 0 Å². The Kier molecular flexibility index (Phi) is 8.36.